The molecule has 120 valence electrons. The van der Waals surface area contributed by atoms with Crippen molar-refractivity contribution in [2.75, 3.05) is 19.7 Å². The summed E-state index contributed by atoms with van der Waals surface area (Å²) in [6.07, 6.45) is -4.69. The topological polar surface area (TPSA) is 83.6 Å². The molecule has 0 saturated carbocycles. The van der Waals surface area contributed by atoms with Gasteiger partial charge in [-0.3, -0.25) is 0 Å². The third-order valence-corrected chi connectivity index (χ3v) is 4.72. The quantitative estimate of drug-likeness (QED) is 0.817. The maximum atomic E-state index is 12.5. The summed E-state index contributed by atoms with van der Waals surface area (Å²) in [5, 5.41) is 8.79. The zero-order chi connectivity index (χ0) is 16.3. The van der Waals surface area contributed by atoms with Crippen molar-refractivity contribution in [2.45, 2.75) is 24.5 Å². The molecule has 0 fully saturated rings. The number of sulfonamides is 1. The molecule has 0 radical (unpaired) electrons. The van der Waals surface area contributed by atoms with Crippen LogP contribution in [0.1, 0.15) is 11.1 Å². The molecule has 1 aromatic carbocycles. The van der Waals surface area contributed by atoms with Gasteiger partial charge in [0.15, 0.2) is 0 Å². The molecular formula is C12H17F3N2O3S. The Morgan fingerprint density at radius 3 is 2.38 bits per heavy atom. The smallest absolute Gasteiger partial charge is 0.395 e. The number of aryl methyl sites for hydroxylation is 1. The van der Waals surface area contributed by atoms with Gasteiger partial charge in [0.1, 0.15) is 6.54 Å². The molecule has 0 atom stereocenters. The van der Waals surface area contributed by atoms with Gasteiger partial charge in [-0.1, -0.05) is 6.07 Å². The average molecular weight is 326 g/mol. The van der Waals surface area contributed by atoms with Crippen LogP contribution in [-0.2, 0) is 16.6 Å². The van der Waals surface area contributed by atoms with Crippen LogP contribution in [0.5, 0.6) is 0 Å². The van der Waals surface area contributed by atoms with Crippen LogP contribution < -0.4 is 5.73 Å². The van der Waals surface area contributed by atoms with E-state index in [1.165, 1.54) is 18.2 Å². The summed E-state index contributed by atoms with van der Waals surface area (Å²) in [6, 6.07) is 3.95. The van der Waals surface area contributed by atoms with Crippen molar-refractivity contribution in [3.05, 3.63) is 29.3 Å². The Balaban J connectivity index is 3.19. The molecule has 9 heteroatoms. The van der Waals surface area contributed by atoms with Gasteiger partial charge in [0.05, 0.1) is 11.5 Å². The van der Waals surface area contributed by atoms with Gasteiger partial charge < -0.3 is 10.8 Å². The van der Waals surface area contributed by atoms with E-state index in [-0.39, 0.29) is 15.7 Å². The molecule has 0 aromatic heterocycles. The standard InChI is InChI=1S/C12H17F3N2O3S/c1-9-6-11(3-2-10(9)7-16)21(19,20)17(4-5-18)8-12(13,14)15/h2-3,6,18H,4-5,7-8,16H2,1H3. The van der Waals surface area contributed by atoms with Crippen molar-refractivity contribution >= 4 is 10.0 Å². The molecule has 0 aliphatic heterocycles. The van der Waals surface area contributed by atoms with E-state index in [4.69, 9.17) is 10.8 Å². The Morgan fingerprint density at radius 1 is 1.33 bits per heavy atom. The molecule has 1 aromatic rings. The Morgan fingerprint density at radius 2 is 1.95 bits per heavy atom. The zero-order valence-corrected chi connectivity index (χ0v) is 12.2. The molecular weight excluding hydrogens is 309 g/mol. The first-order valence-electron chi connectivity index (χ1n) is 6.09. The summed E-state index contributed by atoms with van der Waals surface area (Å²) in [5.74, 6) is 0. The lowest BCUT2D eigenvalue weighted by Crippen LogP contribution is -2.40. The fraction of sp³-hybridized carbons (Fsp3) is 0.500. The van der Waals surface area contributed by atoms with Crippen LogP contribution in [0.25, 0.3) is 0 Å². The van der Waals surface area contributed by atoms with Crippen LogP contribution in [0.15, 0.2) is 23.1 Å². The number of benzene rings is 1. The van der Waals surface area contributed by atoms with Crippen molar-refractivity contribution in [2.24, 2.45) is 5.73 Å². The van der Waals surface area contributed by atoms with Crippen molar-refractivity contribution < 1.29 is 26.7 Å². The number of halogens is 3. The Labute approximate surface area is 121 Å². The molecule has 0 spiro atoms. The number of aliphatic hydroxyl groups is 1. The first kappa shape index (κ1) is 17.9. The third-order valence-electron chi connectivity index (χ3n) is 2.88. The SMILES string of the molecule is Cc1cc(S(=O)(=O)N(CCO)CC(F)(F)F)ccc1CN. The monoisotopic (exact) mass is 326 g/mol. The molecule has 0 amide bonds. The van der Waals surface area contributed by atoms with E-state index in [1.807, 2.05) is 0 Å². The lowest BCUT2D eigenvalue weighted by Gasteiger charge is -2.23. The summed E-state index contributed by atoms with van der Waals surface area (Å²) in [6.45, 7) is -1.14. The predicted octanol–water partition coefficient (Wildman–Crippen LogP) is 0.999. The van der Waals surface area contributed by atoms with Crippen molar-refractivity contribution in [1.82, 2.24) is 4.31 Å². The summed E-state index contributed by atoms with van der Waals surface area (Å²) in [5.41, 5.74) is 6.74. The van der Waals surface area contributed by atoms with Crippen molar-refractivity contribution in [3.8, 4) is 0 Å². The van der Waals surface area contributed by atoms with Gasteiger partial charge in [0.25, 0.3) is 0 Å². The Kier molecular flexibility index (Phi) is 5.74. The second kappa shape index (κ2) is 6.73. The van der Waals surface area contributed by atoms with Crippen LogP contribution >= 0.6 is 0 Å². The molecule has 5 nitrogen and oxygen atoms in total. The van der Waals surface area contributed by atoms with Gasteiger partial charge in [-0.2, -0.15) is 17.5 Å². The van der Waals surface area contributed by atoms with Crippen LogP contribution in [0.2, 0.25) is 0 Å². The number of aliphatic hydroxyl groups excluding tert-OH is 1. The molecule has 3 N–H and O–H groups in total. The largest absolute Gasteiger partial charge is 0.402 e. The first-order valence-corrected chi connectivity index (χ1v) is 7.53. The lowest BCUT2D eigenvalue weighted by atomic mass is 10.1. The van der Waals surface area contributed by atoms with E-state index in [0.717, 1.165) is 0 Å². The Hall–Kier alpha value is -1.16. The van der Waals surface area contributed by atoms with E-state index in [0.29, 0.717) is 11.1 Å². The second-order valence-electron chi connectivity index (χ2n) is 4.47. The third kappa shape index (κ3) is 4.67. The molecule has 21 heavy (non-hydrogen) atoms. The molecule has 0 bridgehead atoms. The minimum absolute atomic E-state index is 0.203. The van der Waals surface area contributed by atoms with Gasteiger partial charge in [0.2, 0.25) is 10.0 Å². The highest BCUT2D eigenvalue weighted by Crippen LogP contribution is 2.23. The molecule has 0 unspecified atom stereocenters. The van der Waals surface area contributed by atoms with E-state index >= 15 is 0 Å². The van der Waals surface area contributed by atoms with E-state index in [1.54, 1.807) is 6.92 Å². The highest BCUT2D eigenvalue weighted by molar-refractivity contribution is 7.89. The van der Waals surface area contributed by atoms with Gasteiger partial charge >= 0.3 is 6.18 Å². The fourth-order valence-corrected chi connectivity index (χ4v) is 3.30. The highest BCUT2D eigenvalue weighted by atomic mass is 32.2. The summed E-state index contributed by atoms with van der Waals surface area (Å²) >= 11 is 0. The van der Waals surface area contributed by atoms with Gasteiger partial charge in [0, 0.05) is 13.1 Å². The minimum atomic E-state index is -4.69. The van der Waals surface area contributed by atoms with E-state index < -0.39 is 35.9 Å². The van der Waals surface area contributed by atoms with Crippen molar-refractivity contribution in [1.29, 1.82) is 0 Å². The molecule has 0 aliphatic carbocycles. The number of hydrogen-bond donors (Lipinski definition) is 2. The lowest BCUT2D eigenvalue weighted by molar-refractivity contribution is -0.136. The number of hydrogen-bond acceptors (Lipinski definition) is 4. The van der Waals surface area contributed by atoms with Crippen molar-refractivity contribution in [3.63, 3.8) is 0 Å². The maximum absolute atomic E-state index is 12.5. The Bertz CT molecular complexity index is 588. The summed E-state index contributed by atoms with van der Waals surface area (Å²) in [7, 11) is -4.33. The van der Waals surface area contributed by atoms with Crippen LogP contribution in [-0.4, -0.2) is 43.7 Å². The van der Waals surface area contributed by atoms with Crippen LogP contribution in [0, 0.1) is 6.92 Å². The van der Waals surface area contributed by atoms with E-state index in [2.05, 4.69) is 0 Å². The van der Waals surface area contributed by atoms with Crippen LogP contribution in [0.3, 0.4) is 0 Å². The van der Waals surface area contributed by atoms with E-state index in [9.17, 15) is 21.6 Å². The number of nitrogens with two attached hydrogens (primary N) is 1. The van der Waals surface area contributed by atoms with Gasteiger partial charge in [-0.05, 0) is 30.2 Å². The second-order valence-corrected chi connectivity index (χ2v) is 6.41. The predicted molar refractivity (Wildman–Crippen MR) is 71.0 cm³/mol. The minimum Gasteiger partial charge on any atom is -0.395 e. The fourth-order valence-electron chi connectivity index (χ4n) is 1.80. The number of alkyl halides is 3. The highest BCUT2D eigenvalue weighted by Gasteiger charge is 2.36. The average Bonchev–Trinajstić information content (AvgIpc) is 2.36. The molecule has 0 saturated heterocycles. The summed E-state index contributed by atoms with van der Waals surface area (Å²) in [4.78, 5) is -0.255. The van der Waals surface area contributed by atoms with Crippen LogP contribution in [0.4, 0.5) is 13.2 Å². The zero-order valence-electron chi connectivity index (χ0n) is 11.4. The first-order chi connectivity index (χ1) is 9.61. The summed E-state index contributed by atoms with van der Waals surface area (Å²) < 4.78 is 62.1. The molecule has 1 rings (SSSR count). The van der Waals surface area contributed by atoms with Gasteiger partial charge in [-0.15, -0.1) is 0 Å². The maximum Gasteiger partial charge on any atom is 0.402 e. The molecule has 0 heterocycles. The normalized spacial score (nSPS) is 12.9. The van der Waals surface area contributed by atoms with Gasteiger partial charge in [-0.25, -0.2) is 8.42 Å². The number of nitrogens with zero attached hydrogens (tertiary/aromatic N) is 1. The molecule has 0 aliphatic rings. The number of rotatable bonds is 6.